The van der Waals surface area contributed by atoms with E-state index in [1.165, 1.54) is 12.1 Å². The van der Waals surface area contributed by atoms with Crippen molar-refractivity contribution in [3.8, 4) is 0 Å². The Morgan fingerprint density at radius 1 is 1.21 bits per heavy atom. The zero-order valence-corrected chi connectivity index (χ0v) is 15.2. The summed E-state index contributed by atoms with van der Waals surface area (Å²) in [7, 11) is 0. The Bertz CT molecular complexity index is 784. The van der Waals surface area contributed by atoms with Crippen LogP contribution in [0.5, 0.6) is 0 Å². The molecule has 152 valence electrons. The molecule has 0 saturated heterocycles. The van der Waals surface area contributed by atoms with Crippen molar-refractivity contribution >= 4 is 17.5 Å². The van der Waals surface area contributed by atoms with E-state index in [1.807, 2.05) is 0 Å². The van der Waals surface area contributed by atoms with Crippen LogP contribution in [0.4, 0.5) is 13.2 Å². The van der Waals surface area contributed by atoms with Crippen molar-refractivity contribution in [3.63, 3.8) is 0 Å². The lowest BCUT2D eigenvalue weighted by molar-refractivity contribution is -0.0939. The average molecular weight is 396 g/mol. The third-order valence-electron chi connectivity index (χ3n) is 4.14. The van der Waals surface area contributed by atoms with Gasteiger partial charge in [0, 0.05) is 17.7 Å². The molecule has 0 aliphatic carbocycles. The summed E-state index contributed by atoms with van der Waals surface area (Å²) >= 11 is 0. The number of hydrogen-bond acceptors (Lipinski definition) is 6. The fourth-order valence-corrected chi connectivity index (χ4v) is 2.64. The third kappa shape index (κ3) is 5.64. The summed E-state index contributed by atoms with van der Waals surface area (Å²) in [6.45, 7) is 0.666. The van der Waals surface area contributed by atoms with Crippen LogP contribution >= 0.6 is 0 Å². The second kappa shape index (κ2) is 9.47. The molecule has 1 aliphatic rings. The molecule has 7 nitrogen and oxygen atoms in total. The number of carbonyl (C=O) groups is 1. The number of amides is 1. The van der Waals surface area contributed by atoms with Crippen molar-refractivity contribution in [1.82, 2.24) is 5.32 Å². The molecule has 0 saturated carbocycles. The van der Waals surface area contributed by atoms with E-state index >= 15 is 0 Å². The van der Waals surface area contributed by atoms with Gasteiger partial charge in [-0.1, -0.05) is 18.2 Å². The van der Waals surface area contributed by atoms with Crippen LogP contribution in [0.25, 0.3) is 0 Å². The van der Waals surface area contributed by atoms with E-state index in [9.17, 15) is 18.0 Å². The Balaban J connectivity index is 2.00. The van der Waals surface area contributed by atoms with Crippen molar-refractivity contribution in [1.29, 1.82) is 0 Å². The maximum absolute atomic E-state index is 12.8. The Morgan fingerprint density at radius 2 is 1.86 bits per heavy atom. The number of aliphatic imine (C=N–C) groups is 2. The fourth-order valence-electron chi connectivity index (χ4n) is 2.64. The third-order valence-corrected chi connectivity index (χ3v) is 4.14. The Morgan fingerprint density at radius 3 is 2.43 bits per heavy atom. The second-order valence-corrected chi connectivity index (χ2v) is 6.11. The normalized spacial score (nSPS) is 16.2. The van der Waals surface area contributed by atoms with Crippen molar-refractivity contribution < 1.29 is 18.0 Å². The van der Waals surface area contributed by atoms with Crippen LogP contribution in [0.3, 0.4) is 0 Å². The molecule has 0 radical (unpaired) electrons. The van der Waals surface area contributed by atoms with E-state index in [2.05, 4.69) is 15.3 Å². The van der Waals surface area contributed by atoms with Crippen LogP contribution in [-0.2, 0) is 0 Å². The standard InChI is InChI=1S/C18H23F3N6O/c19-18(20,21)13(5-7-22)6-8-27-17(28)12-3-1-11(2-4-12)14(23)15-16(24)26-10-9-25-15/h1-4,6,14H,5,7-10,22-23H2,(H2,24,26)(H,27,28). The lowest BCUT2D eigenvalue weighted by Crippen LogP contribution is -2.36. The number of hydrogen-bond donors (Lipinski definition) is 4. The molecule has 28 heavy (non-hydrogen) atoms. The number of alkyl halides is 3. The molecule has 0 aromatic heterocycles. The minimum Gasteiger partial charge on any atom is -0.382 e. The number of carbonyl (C=O) groups excluding carboxylic acids is 1. The van der Waals surface area contributed by atoms with Gasteiger partial charge in [-0.05, 0) is 30.7 Å². The van der Waals surface area contributed by atoms with E-state index in [1.54, 1.807) is 12.1 Å². The van der Waals surface area contributed by atoms with Crippen LogP contribution in [0.2, 0.25) is 0 Å². The molecule has 0 bridgehead atoms. The van der Waals surface area contributed by atoms with E-state index < -0.39 is 23.7 Å². The lowest BCUT2D eigenvalue weighted by Gasteiger charge is -2.18. The number of rotatable bonds is 7. The van der Waals surface area contributed by atoms with Gasteiger partial charge in [0.05, 0.1) is 24.8 Å². The van der Waals surface area contributed by atoms with Crippen LogP contribution in [0.1, 0.15) is 28.4 Å². The van der Waals surface area contributed by atoms with Gasteiger partial charge in [-0.3, -0.25) is 14.8 Å². The molecule has 0 spiro atoms. The van der Waals surface area contributed by atoms with E-state index in [0.717, 1.165) is 6.08 Å². The van der Waals surface area contributed by atoms with Gasteiger partial charge in [0.1, 0.15) is 5.84 Å². The highest BCUT2D eigenvalue weighted by atomic mass is 19.4. The molecule has 2 rings (SSSR count). The summed E-state index contributed by atoms with van der Waals surface area (Å²) < 4.78 is 38.3. The molecule has 7 N–H and O–H groups in total. The summed E-state index contributed by atoms with van der Waals surface area (Å²) in [6.07, 6.45) is -3.84. The maximum Gasteiger partial charge on any atom is 0.412 e. The van der Waals surface area contributed by atoms with Gasteiger partial charge in [0.25, 0.3) is 5.91 Å². The van der Waals surface area contributed by atoms with Gasteiger partial charge in [0.15, 0.2) is 0 Å². The van der Waals surface area contributed by atoms with Crippen LogP contribution in [-0.4, -0.2) is 49.8 Å². The lowest BCUT2D eigenvalue weighted by atomic mass is 10.00. The monoisotopic (exact) mass is 396 g/mol. The van der Waals surface area contributed by atoms with Gasteiger partial charge in [0.2, 0.25) is 0 Å². The molecular formula is C18H23F3N6O. The van der Waals surface area contributed by atoms with Gasteiger partial charge in [-0.25, -0.2) is 0 Å². The van der Waals surface area contributed by atoms with Gasteiger partial charge >= 0.3 is 6.18 Å². The summed E-state index contributed by atoms with van der Waals surface area (Å²) in [4.78, 5) is 20.5. The number of amidine groups is 1. The van der Waals surface area contributed by atoms with Crippen LogP contribution < -0.4 is 22.5 Å². The van der Waals surface area contributed by atoms with Gasteiger partial charge in [-0.2, -0.15) is 13.2 Å². The molecule has 1 heterocycles. The molecule has 1 unspecified atom stereocenters. The van der Waals surface area contributed by atoms with E-state index in [-0.39, 0.29) is 19.5 Å². The molecule has 1 aromatic rings. The average Bonchev–Trinajstić information content (AvgIpc) is 2.66. The first kappa shape index (κ1) is 21.6. The van der Waals surface area contributed by atoms with Crippen LogP contribution in [0, 0.1) is 0 Å². The SMILES string of the molecule is NCCC(=CCNC(=O)c1ccc(C(N)C2=NCCN=C2N)cc1)C(F)(F)F. The zero-order valence-electron chi connectivity index (χ0n) is 15.2. The molecule has 0 fully saturated rings. The highest BCUT2D eigenvalue weighted by Crippen LogP contribution is 2.27. The minimum absolute atomic E-state index is 0.123. The first-order valence-corrected chi connectivity index (χ1v) is 8.68. The second-order valence-electron chi connectivity index (χ2n) is 6.11. The first-order chi connectivity index (χ1) is 13.2. The Hall–Kier alpha value is -2.72. The fraction of sp³-hybridized carbons (Fsp3) is 0.389. The molecule has 1 amide bonds. The highest BCUT2D eigenvalue weighted by Gasteiger charge is 2.32. The number of halogens is 3. The minimum atomic E-state index is -4.46. The number of nitrogens with zero attached hydrogens (tertiary/aromatic N) is 2. The topological polar surface area (TPSA) is 132 Å². The predicted molar refractivity (Wildman–Crippen MR) is 102 cm³/mol. The zero-order chi connectivity index (χ0) is 20.7. The van der Waals surface area contributed by atoms with Gasteiger partial charge < -0.3 is 22.5 Å². The Kier molecular flexibility index (Phi) is 7.30. The van der Waals surface area contributed by atoms with Crippen LogP contribution in [0.15, 0.2) is 45.9 Å². The van der Waals surface area contributed by atoms with E-state index in [0.29, 0.717) is 35.8 Å². The van der Waals surface area contributed by atoms with E-state index in [4.69, 9.17) is 17.2 Å². The number of benzene rings is 1. The molecule has 1 aromatic carbocycles. The van der Waals surface area contributed by atoms with Crippen molar-refractivity contribution in [2.75, 3.05) is 26.2 Å². The van der Waals surface area contributed by atoms with Crippen molar-refractivity contribution in [2.45, 2.75) is 18.6 Å². The smallest absolute Gasteiger partial charge is 0.382 e. The Labute approximate surface area is 160 Å². The largest absolute Gasteiger partial charge is 0.412 e. The summed E-state index contributed by atoms with van der Waals surface area (Å²) in [6, 6.07) is 5.80. The molecule has 1 aliphatic heterocycles. The highest BCUT2D eigenvalue weighted by molar-refractivity contribution is 6.43. The van der Waals surface area contributed by atoms with Crippen molar-refractivity contribution in [3.05, 3.63) is 47.0 Å². The molecule has 1 atom stereocenters. The summed E-state index contributed by atoms with van der Waals surface area (Å²) in [5.74, 6) is -0.202. The summed E-state index contributed by atoms with van der Waals surface area (Å²) in [5, 5.41) is 2.43. The number of nitrogens with one attached hydrogen (secondary N) is 1. The molecule has 10 heteroatoms. The first-order valence-electron chi connectivity index (χ1n) is 8.68. The predicted octanol–water partition coefficient (Wildman–Crippen LogP) is 1.07. The van der Waals surface area contributed by atoms with Gasteiger partial charge in [-0.15, -0.1) is 0 Å². The quantitative estimate of drug-likeness (QED) is 0.513. The molecular weight excluding hydrogens is 373 g/mol. The number of nitrogens with two attached hydrogens (primary N) is 3. The summed E-state index contributed by atoms with van der Waals surface area (Å²) in [5.41, 5.74) is 17.9. The maximum atomic E-state index is 12.8. The van der Waals surface area contributed by atoms with Crippen molar-refractivity contribution in [2.24, 2.45) is 27.2 Å².